The van der Waals surface area contributed by atoms with Gasteiger partial charge in [-0.2, -0.15) is 5.10 Å². The van der Waals surface area contributed by atoms with Crippen LogP contribution in [-0.2, 0) is 6.54 Å². The fraction of sp³-hybridized carbons (Fsp3) is 0.600. The van der Waals surface area contributed by atoms with Gasteiger partial charge in [-0.1, -0.05) is 0 Å². The van der Waals surface area contributed by atoms with Gasteiger partial charge in [-0.05, 0) is 41.0 Å². The van der Waals surface area contributed by atoms with Gasteiger partial charge in [0.05, 0.1) is 5.69 Å². The second kappa shape index (κ2) is 8.26. The van der Waals surface area contributed by atoms with Gasteiger partial charge < -0.3 is 15.5 Å². The molecule has 1 aliphatic rings. The number of aryl methyl sites for hydroxylation is 2. The first-order valence-corrected chi connectivity index (χ1v) is 9.90. The molecule has 28 heavy (non-hydrogen) atoms. The molecule has 0 aromatic carbocycles. The standard InChI is InChI=1S/C20H31N7O/c1-12(2)27-10-16(15(5)25-27)9-22-17-7-8-26(11-17)19-13(3)14(4)23-18(24-19)20(28)21-6/h10,12,17,22H,7-9,11H2,1-6H3,(H,21,28)/t17-/m1/s1. The van der Waals surface area contributed by atoms with Crippen LogP contribution in [0.3, 0.4) is 0 Å². The maximum absolute atomic E-state index is 12.0. The van der Waals surface area contributed by atoms with Gasteiger partial charge in [-0.3, -0.25) is 9.48 Å². The Morgan fingerprint density at radius 1 is 1.25 bits per heavy atom. The zero-order valence-electron chi connectivity index (χ0n) is 17.7. The molecular weight excluding hydrogens is 354 g/mol. The molecule has 2 aromatic heterocycles. The molecule has 0 spiro atoms. The molecule has 1 atom stereocenters. The number of carbonyl (C=O) groups excluding carboxylic acids is 1. The lowest BCUT2D eigenvalue weighted by Gasteiger charge is -2.21. The highest BCUT2D eigenvalue weighted by Gasteiger charge is 2.26. The van der Waals surface area contributed by atoms with Crippen LogP contribution in [0.4, 0.5) is 5.82 Å². The van der Waals surface area contributed by atoms with Gasteiger partial charge in [0.1, 0.15) is 5.82 Å². The monoisotopic (exact) mass is 385 g/mol. The number of amides is 1. The summed E-state index contributed by atoms with van der Waals surface area (Å²) in [6, 6.07) is 0.743. The highest BCUT2D eigenvalue weighted by Crippen LogP contribution is 2.24. The van der Waals surface area contributed by atoms with Crippen molar-refractivity contribution in [1.29, 1.82) is 0 Å². The maximum Gasteiger partial charge on any atom is 0.288 e. The first-order chi connectivity index (χ1) is 13.3. The summed E-state index contributed by atoms with van der Waals surface area (Å²) in [6.07, 6.45) is 3.17. The molecule has 0 saturated carbocycles. The lowest BCUT2D eigenvalue weighted by molar-refractivity contribution is 0.0952. The molecule has 3 heterocycles. The molecule has 152 valence electrons. The van der Waals surface area contributed by atoms with E-state index in [9.17, 15) is 4.79 Å². The third-order valence-electron chi connectivity index (χ3n) is 5.41. The molecule has 2 aromatic rings. The van der Waals surface area contributed by atoms with Crippen molar-refractivity contribution >= 4 is 11.7 Å². The molecule has 1 saturated heterocycles. The Balaban J connectivity index is 1.67. The van der Waals surface area contributed by atoms with E-state index in [-0.39, 0.29) is 11.7 Å². The second-order valence-corrected chi connectivity index (χ2v) is 7.79. The Bertz CT molecular complexity index is 858. The molecule has 1 amide bonds. The number of carbonyl (C=O) groups is 1. The number of hydrogen-bond acceptors (Lipinski definition) is 6. The number of nitrogens with zero attached hydrogens (tertiary/aromatic N) is 5. The smallest absolute Gasteiger partial charge is 0.288 e. The van der Waals surface area contributed by atoms with E-state index in [2.05, 4.69) is 57.6 Å². The summed E-state index contributed by atoms with van der Waals surface area (Å²) < 4.78 is 2.01. The number of rotatable bonds is 6. The van der Waals surface area contributed by atoms with Crippen LogP contribution < -0.4 is 15.5 Å². The summed E-state index contributed by atoms with van der Waals surface area (Å²) >= 11 is 0. The number of anilines is 1. The van der Waals surface area contributed by atoms with E-state index in [0.717, 1.165) is 48.8 Å². The van der Waals surface area contributed by atoms with Crippen LogP contribution in [0.2, 0.25) is 0 Å². The van der Waals surface area contributed by atoms with Crippen LogP contribution in [0.5, 0.6) is 0 Å². The maximum atomic E-state index is 12.0. The highest BCUT2D eigenvalue weighted by molar-refractivity contribution is 5.90. The van der Waals surface area contributed by atoms with E-state index in [4.69, 9.17) is 0 Å². The Morgan fingerprint density at radius 2 is 2.00 bits per heavy atom. The van der Waals surface area contributed by atoms with Crippen molar-refractivity contribution in [2.75, 3.05) is 25.0 Å². The Labute approximate surface area is 166 Å². The predicted molar refractivity (Wildman–Crippen MR) is 110 cm³/mol. The quantitative estimate of drug-likeness (QED) is 0.790. The SMILES string of the molecule is CNC(=O)c1nc(C)c(C)c(N2CC[C@@H](NCc3cn(C(C)C)nc3C)C2)n1. The van der Waals surface area contributed by atoms with E-state index < -0.39 is 0 Å². The highest BCUT2D eigenvalue weighted by atomic mass is 16.2. The van der Waals surface area contributed by atoms with Crippen molar-refractivity contribution in [3.63, 3.8) is 0 Å². The Hall–Kier alpha value is -2.48. The number of hydrogen-bond donors (Lipinski definition) is 2. The minimum atomic E-state index is -0.254. The van der Waals surface area contributed by atoms with Crippen LogP contribution in [-0.4, -0.2) is 51.8 Å². The molecule has 8 heteroatoms. The summed E-state index contributed by atoms with van der Waals surface area (Å²) in [5.74, 6) is 0.837. The van der Waals surface area contributed by atoms with E-state index in [1.165, 1.54) is 5.56 Å². The molecule has 1 aliphatic heterocycles. The molecule has 8 nitrogen and oxygen atoms in total. The molecule has 3 rings (SSSR count). The van der Waals surface area contributed by atoms with Crippen molar-refractivity contribution in [2.45, 2.75) is 59.7 Å². The zero-order valence-corrected chi connectivity index (χ0v) is 17.7. The average Bonchev–Trinajstić information content (AvgIpc) is 3.28. The molecule has 2 N–H and O–H groups in total. The fourth-order valence-electron chi connectivity index (χ4n) is 3.47. The molecule has 0 bridgehead atoms. The predicted octanol–water partition coefficient (Wildman–Crippen LogP) is 1.91. The second-order valence-electron chi connectivity index (χ2n) is 7.79. The van der Waals surface area contributed by atoms with Gasteiger partial charge in [-0.25, -0.2) is 9.97 Å². The van der Waals surface area contributed by atoms with Crippen molar-refractivity contribution in [3.8, 4) is 0 Å². The summed E-state index contributed by atoms with van der Waals surface area (Å²) in [6.45, 7) is 12.9. The van der Waals surface area contributed by atoms with Gasteiger partial charge in [0.2, 0.25) is 5.82 Å². The minimum absolute atomic E-state index is 0.230. The molecule has 0 aliphatic carbocycles. The van der Waals surface area contributed by atoms with Crippen molar-refractivity contribution < 1.29 is 4.79 Å². The van der Waals surface area contributed by atoms with Gasteiger partial charge in [0.15, 0.2) is 0 Å². The summed E-state index contributed by atoms with van der Waals surface area (Å²) in [5.41, 5.74) is 4.19. The van der Waals surface area contributed by atoms with Crippen LogP contribution in [0.1, 0.15) is 59.4 Å². The summed E-state index contributed by atoms with van der Waals surface area (Å²) in [4.78, 5) is 23.1. The van der Waals surface area contributed by atoms with Gasteiger partial charge in [0.25, 0.3) is 5.91 Å². The third-order valence-corrected chi connectivity index (χ3v) is 5.41. The first-order valence-electron chi connectivity index (χ1n) is 9.90. The lowest BCUT2D eigenvalue weighted by atomic mass is 10.2. The van der Waals surface area contributed by atoms with E-state index in [0.29, 0.717) is 12.1 Å². The number of nitrogens with one attached hydrogen (secondary N) is 2. The van der Waals surface area contributed by atoms with E-state index in [1.807, 2.05) is 18.5 Å². The third kappa shape index (κ3) is 4.16. The van der Waals surface area contributed by atoms with Crippen molar-refractivity contribution in [1.82, 2.24) is 30.4 Å². The molecular formula is C20H31N7O. The minimum Gasteiger partial charge on any atom is -0.355 e. The molecule has 0 radical (unpaired) electrons. The van der Waals surface area contributed by atoms with Crippen molar-refractivity contribution in [3.05, 3.63) is 34.5 Å². The normalized spacial score (nSPS) is 16.8. The summed E-state index contributed by atoms with van der Waals surface area (Å²) in [7, 11) is 1.60. The topological polar surface area (TPSA) is 88.0 Å². The largest absolute Gasteiger partial charge is 0.355 e. The van der Waals surface area contributed by atoms with Gasteiger partial charge in [0, 0.05) is 61.8 Å². The fourth-order valence-corrected chi connectivity index (χ4v) is 3.47. The van der Waals surface area contributed by atoms with E-state index in [1.54, 1.807) is 7.05 Å². The Kier molecular flexibility index (Phi) is 5.98. The van der Waals surface area contributed by atoms with Crippen LogP contribution in [0, 0.1) is 20.8 Å². The zero-order chi connectivity index (χ0) is 20.4. The van der Waals surface area contributed by atoms with Gasteiger partial charge >= 0.3 is 0 Å². The molecule has 0 unspecified atom stereocenters. The van der Waals surface area contributed by atoms with Crippen LogP contribution >= 0.6 is 0 Å². The first kappa shape index (κ1) is 20.3. The average molecular weight is 386 g/mol. The van der Waals surface area contributed by atoms with E-state index >= 15 is 0 Å². The number of aromatic nitrogens is 4. The van der Waals surface area contributed by atoms with Crippen molar-refractivity contribution in [2.24, 2.45) is 0 Å². The summed E-state index contributed by atoms with van der Waals surface area (Å²) in [5, 5.41) is 10.8. The lowest BCUT2D eigenvalue weighted by Crippen LogP contribution is -2.33. The molecule has 1 fully saturated rings. The Morgan fingerprint density at radius 3 is 2.64 bits per heavy atom. The van der Waals surface area contributed by atoms with Crippen LogP contribution in [0.15, 0.2) is 6.20 Å². The van der Waals surface area contributed by atoms with Crippen LogP contribution in [0.25, 0.3) is 0 Å². The van der Waals surface area contributed by atoms with Gasteiger partial charge in [-0.15, -0.1) is 0 Å².